The zero-order valence-electron chi connectivity index (χ0n) is 19.2. The van der Waals surface area contributed by atoms with Gasteiger partial charge in [0.25, 0.3) is 0 Å². The molecule has 5 nitrogen and oxygen atoms in total. The topological polar surface area (TPSA) is 64.0 Å². The van der Waals surface area contributed by atoms with Crippen LogP contribution in [0.3, 0.4) is 0 Å². The number of amides is 1. The van der Waals surface area contributed by atoms with Crippen molar-refractivity contribution in [2.45, 2.75) is 89.6 Å². The highest BCUT2D eigenvalue weighted by Gasteiger charge is 2.56. The van der Waals surface area contributed by atoms with E-state index in [0.717, 1.165) is 51.2 Å². The fourth-order valence-corrected chi connectivity index (χ4v) is 7.20. The number of aliphatic hydroxyl groups excluding tert-OH is 1. The Bertz CT molecular complexity index is 585. The van der Waals surface area contributed by atoms with Gasteiger partial charge in [-0.25, -0.2) is 0 Å². The summed E-state index contributed by atoms with van der Waals surface area (Å²) >= 11 is 0. The summed E-state index contributed by atoms with van der Waals surface area (Å²) in [7, 11) is 0. The van der Waals surface area contributed by atoms with Crippen LogP contribution in [0.25, 0.3) is 0 Å². The summed E-state index contributed by atoms with van der Waals surface area (Å²) < 4.78 is 0. The van der Waals surface area contributed by atoms with E-state index in [9.17, 15) is 15.0 Å². The minimum Gasteiger partial charge on any atom is -0.396 e. The van der Waals surface area contributed by atoms with Gasteiger partial charge in [0.05, 0.1) is 5.60 Å². The Balaban J connectivity index is 1.40. The first-order valence-electron chi connectivity index (χ1n) is 12.8. The van der Waals surface area contributed by atoms with Crippen molar-refractivity contribution in [2.75, 3.05) is 39.3 Å². The summed E-state index contributed by atoms with van der Waals surface area (Å²) in [6.45, 7) is 6.42. The fraction of sp³-hybridized carbons (Fsp3) is 0.960. The molecule has 3 atom stereocenters. The lowest BCUT2D eigenvalue weighted by atomic mass is 9.65. The quantitative estimate of drug-likeness (QED) is 0.691. The van der Waals surface area contributed by atoms with Crippen molar-refractivity contribution in [2.24, 2.45) is 23.2 Å². The van der Waals surface area contributed by atoms with E-state index in [1.54, 1.807) is 0 Å². The second-order valence-electron chi connectivity index (χ2n) is 11.2. The van der Waals surface area contributed by atoms with Crippen molar-refractivity contribution in [3.63, 3.8) is 0 Å². The number of piperidine rings is 1. The van der Waals surface area contributed by atoms with Gasteiger partial charge in [-0.1, -0.05) is 51.9 Å². The van der Waals surface area contributed by atoms with Crippen LogP contribution >= 0.6 is 0 Å². The van der Waals surface area contributed by atoms with Gasteiger partial charge in [0, 0.05) is 44.1 Å². The Kier molecular flexibility index (Phi) is 7.11. The molecule has 1 amide bonds. The number of hydrogen-bond donors (Lipinski definition) is 2. The first-order chi connectivity index (χ1) is 14.4. The third-order valence-electron chi connectivity index (χ3n) is 9.09. The molecule has 4 fully saturated rings. The van der Waals surface area contributed by atoms with E-state index in [-0.39, 0.29) is 17.9 Å². The van der Waals surface area contributed by atoms with Crippen LogP contribution in [0.2, 0.25) is 0 Å². The standard InChI is InChI=1S/C25H44N2O3/c1-20(15-21-7-3-2-4-8-21)23(29)27-14-12-25(30,24(18-27)10-5-6-11-24)19-26-13-9-22(16-26)17-28/h20-22,28,30H,2-19H2,1H3/t20-,22?,25?/m1/s1. The van der Waals surface area contributed by atoms with Crippen LogP contribution in [0.4, 0.5) is 0 Å². The minimum absolute atomic E-state index is 0.113. The van der Waals surface area contributed by atoms with E-state index < -0.39 is 5.60 Å². The van der Waals surface area contributed by atoms with E-state index in [1.807, 2.05) is 0 Å². The molecule has 2 aliphatic carbocycles. The molecule has 2 N–H and O–H groups in total. The van der Waals surface area contributed by atoms with Crippen molar-refractivity contribution in [3.8, 4) is 0 Å². The minimum atomic E-state index is -0.697. The van der Waals surface area contributed by atoms with Gasteiger partial charge < -0.3 is 20.0 Å². The van der Waals surface area contributed by atoms with Gasteiger partial charge in [-0.2, -0.15) is 0 Å². The molecule has 2 aliphatic heterocycles. The number of rotatable bonds is 6. The van der Waals surface area contributed by atoms with Gasteiger partial charge in [0.2, 0.25) is 5.91 Å². The molecule has 2 heterocycles. The molecule has 0 radical (unpaired) electrons. The molecule has 5 heteroatoms. The molecule has 0 aromatic carbocycles. The predicted octanol–water partition coefficient (Wildman–Crippen LogP) is 3.43. The van der Waals surface area contributed by atoms with Gasteiger partial charge in [-0.05, 0) is 50.5 Å². The molecule has 4 aliphatic rings. The molecule has 2 unspecified atom stereocenters. The number of carbonyl (C=O) groups excluding carboxylic acids is 1. The lowest BCUT2D eigenvalue weighted by Crippen LogP contribution is -2.64. The molecule has 0 bridgehead atoms. The maximum Gasteiger partial charge on any atom is 0.225 e. The number of β-amino-alcohol motifs (C(OH)–C–C–N with tert-alkyl or cyclic N) is 1. The number of carbonyl (C=O) groups is 1. The van der Waals surface area contributed by atoms with Gasteiger partial charge in [0.1, 0.15) is 0 Å². The zero-order chi connectivity index (χ0) is 21.2. The molecule has 4 rings (SSSR count). The molecule has 172 valence electrons. The highest BCUT2D eigenvalue weighted by molar-refractivity contribution is 5.78. The van der Waals surface area contributed by atoms with Crippen molar-refractivity contribution in [3.05, 3.63) is 0 Å². The summed E-state index contributed by atoms with van der Waals surface area (Å²) in [5, 5.41) is 21.4. The van der Waals surface area contributed by atoms with E-state index in [4.69, 9.17) is 0 Å². The van der Waals surface area contributed by atoms with Crippen molar-refractivity contribution < 1.29 is 15.0 Å². The Hall–Kier alpha value is -0.650. The van der Waals surface area contributed by atoms with E-state index in [0.29, 0.717) is 31.3 Å². The fourth-order valence-electron chi connectivity index (χ4n) is 7.20. The Morgan fingerprint density at radius 3 is 2.40 bits per heavy atom. The lowest BCUT2D eigenvalue weighted by Gasteiger charge is -2.53. The van der Waals surface area contributed by atoms with Crippen LogP contribution in [0.1, 0.15) is 84.0 Å². The van der Waals surface area contributed by atoms with Crippen LogP contribution in [0, 0.1) is 23.2 Å². The Morgan fingerprint density at radius 1 is 1.00 bits per heavy atom. The summed E-state index contributed by atoms with van der Waals surface area (Å²) in [6.07, 6.45) is 13.8. The summed E-state index contributed by atoms with van der Waals surface area (Å²) in [6, 6.07) is 0. The van der Waals surface area contributed by atoms with Gasteiger partial charge in [0.15, 0.2) is 0 Å². The van der Waals surface area contributed by atoms with Crippen LogP contribution in [-0.2, 0) is 4.79 Å². The second-order valence-corrected chi connectivity index (χ2v) is 11.2. The third-order valence-corrected chi connectivity index (χ3v) is 9.09. The molecule has 1 spiro atoms. The summed E-state index contributed by atoms with van der Waals surface area (Å²) in [5.41, 5.74) is -0.833. The molecular weight excluding hydrogens is 376 g/mol. The maximum atomic E-state index is 13.4. The van der Waals surface area contributed by atoms with E-state index >= 15 is 0 Å². The highest BCUT2D eigenvalue weighted by atomic mass is 16.3. The molecule has 2 saturated carbocycles. The maximum absolute atomic E-state index is 13.4. The average Bonchev–Trinajstić information content (AvgIpc) is 3.41. The summed E-state index contributed by atoms with van der Waals surface area (Å²) in [5.74, 6) is 1.53. The van der Waals surface area contributed by atoms with Crippen LogP contribution in [0.15, 0.2) is 0 Å². The highest BCUT2D eigenvalue weighted by Crippen LogP contribution is 2.51. The van der Waals surface area contributed by atoms with Crippen molar-refractivity contribution >= 4 is 5.91 Å². The monoisotopic (exact) mass is 420 g/mol. The largest absolute Gasteiger partial charge is 0.396 e. The molecule has 0 aromatic heterocycles. The van der Waals surface area contributed by atoms with Crippen molar-refractivity contribution in [1.82, 2.24) is 9.80 Å². The number of likely N-dealkylation sites (tertiary alicyclic amines) is 2. The molecular formula is C25H44N2O3. The molecule has 2 saturated heterocycles. The lowest BCUT2D eigenvalue weighted by molar-refractivity contribution is -0.164. The van der Waals surface area contributed by atoms with Crippen molar-refractivity contribution in [1.29, 1.82) is 0 Å². The van der Waals surface area contributed by atoms with E-state index in [2.05, 4.69) is 16.7 Å². The normalized spacial score (nSPS) is 34.0. The number of hydrogen-bond acceptors (Lipinski definition) is 4. The van der Waals surface area contributed by atoms with Crippen LogP contribution < -0.4 is 0 Å². The average molecular weight is 421 g/mol. The number of aliphatic hydroxyl groups is 2. The Labute approximate surface area is 183 Å². The summed E-state index contributed by atoms with van der Waals surface area (Å²) in [4.78, 5) is 17.8. The zero-order valence-corrected chi connectivity index (χ0v) is 19.2. The van der Waals surface area contributed by atoms with Crippen LogP contribution in [0.5, 0.6) is 0 Å². The Morgan fingerprint density at radius 2 is 1.73 bits per heavy atom. The SMILES string of the molecule is C[C@H](CC1CCCCC1)C(=O)N1CCC(O)(CN2CCC(CO)C2)C2(CCCC2)C1. The van der Waals surface area contributed by atoms with Crippen LogP contribution in [-0.4, -0.2) is 70.9 Å². The molecule has 0 aromatic rings. The van der Waals surface area contributed by atoms with Gasteiger partial charge in [-0.15, -0.1) is 0 Å². The van der Waals surface area contributed by atoms with E-state index in [1.165, 1.54) is 44.9 Å². The first-order valence-corrected chi connectivity index (χ1v) is 12.8. The second kappa shape index (κ2) is 9.46. The van der Waals surface area contributed by atoms with Gasteiger partial charge >= 0.3 is 0 Å². The number of nitrogens with zero attached hydrogens (tertiary/aromatic N) is 2. The predicted molar refractivity (Wildman–Crippen MR) is 119 cm³/mol. The first kappa shape index (κ1) is 22.5. The van der Waals surface area contributed by atoms with Gasteiger partial charge in [-0.3, -0.25) is 4.79 Å². The smallest absolute Gasteiger partial charge is 0.225 e. The third kappa shape index (κ3) is 4.59. The molecule has 30 heavy (non-hydrogen) atoms.